The highest BCUT2D eigenvalue weighted by Gasteiger charge is 2.50. The van der Waals surface area contributed by atoms with Crippen LogP contribution in [0.15, 0.2) is 58.1 Å². The standard InChI is InChI=1S/C20H15BrN4O5/c1-11-18(20(28)24(22-11)14-6-8-15(9-7-14)25(29)30)16-10-17(26)23(19(16)27)13-4-2-12(21)3-5-13/h2-9,16,18H,10H2,1H3/t16-,18-/m0/s1. The fourth-order valence-electron chi connectivity index (χ4n) is 3.72. The summed E-state index contributed by atoms with van der Waals surface area (Å²) in [5.74, 6) is -2.97. The van der Waals surface area contributed by atoms with Gasteiger partial charge in [-0.05, 0) is 43.3 Å². The lowest BCUT2D eigenvalue weighted by Gasteiger charge is -2.19. The number of nitro benzene ring substituents is 1. The molecule has 4 rings (SSSR count). The van der Waals surface area contributed by atoms with Gasteiger partial charge in [0.05, 0.1) is 28.1 Å². The van der Waals surface area contributed by atoms with Gasteiger partial charge >= 0.3 is 0 Å². The first kappa shape index (κ1) is 19.9. The van der Waals surface area contributed by atoms with Gasteiger partial charge in [-0.15, -0.1) is 0 Å². The van der Waals surface area contributed by atoms with E-state index in [1.165, 1.54) is 24.3 Å². The molecule has 30 heavy (non-hydrogen) atoms. The summed E-state index contributed by atoms with van der Waals surface area (Å²) in [7, 11) is 0. The fourth-order valence-corrected chi connectivity index (χ4v) is 3.99. The van der Waals surface area contributed by atoms with E-state index in [-0.39, 0.29) is 18.0 Å². The van der Waals surface area contributed by atoms with Gasteiger partial charge < -0.3 is 0 Å². The van der Waals surface area contributed by atoms with Crippen LogP contribution < -0.4 is 9.91 Å². The molecule has 2 aliphatic heterocycles. The molecule has 0 radical (unpaired) electrons. The van der Waals surface area contributed by atoms with Gasteiger partial charge in [-0.1, -0.05) is 15.9 Å². The third-order valence-electron chi connectivity index (χ3n) is 5.16. The molecule has 2 aromatic carbocycles. The number of anilines is 2. The summed E-state index contributed by atoms with van der Waals surface area (Å²) >= 11 is 3.32. The normalized spacial score (nSPS) is 21.4. The second-order valence-electron chi connectivity index (χ2n) is 7.00. The predicted molar refractivity (Wildman–Crippen MR) is 112 cm³/mol. The maximum Gasteiger partial charge on any atom is 0.269 e. The highest BCUT2D eigenvalue weighted by Crippen LogP contribution is 2.36. The van der Waals surface area contributed by atoms with E-state index in [0.717, 1.165) is 14.4 Å². The number of rotatable bonds is 4. The van der Waals surface area contributed by atoms with Gasteiger partial charge in [0.1, 0.15) is 0 Å². The van der Waals surface area contributed by atoms with Crippen molar-refractivity contribution in [1.29, 1.82) is 0 Å². The number of amides is 3. The summed E-state index contributed by atoms with van der Waals surface area (Å²) in [6.45, 7) is 1.63. The van der Waals surface area contributed by atoms with Gasteiger partial charge in [0.15, 0.2) is 0 Å². The third kappa shape index (κ3) is 3.28. The van der Waals surface area contributed by atoms with Gasteiger partial charge in [0.25, 0.3) is 11.6 Å². The van der Waals surface area contributed by atoms with Crippen LogP contribution in [0, 0.1) is 22.0 Å². The molecule has 2 atom stereocenters. The Balaban J connectivity index is 1.59. The molecule has 9 nitrogen and oxygen atoms in total. The molecule has 2 aromatic rings. The van der Waals surface area contributed by atoms with Crippen LogP contribution in [-0.4, -0.2) is 28.4 Å². The molecule has 0 spiro atoms. The molecule has 3 amide bonds. The number of halogens is 1. The smallest absolute Gasteiger partial charge is 0.269 e. The largest absolute Gasteiger partial charge is 0.274 e. The van der Waals surface area contributed by atoms with Gasteiger partial charge in [-0.2, -0.15) is 5.10 Å². The van der Waals surface area contributed by atoms with E-state index in [0.29, 0.717) is 17.1 Å². The number of carbonyl (C=O) groups excluding carboxylic acids is 3. The van der Waals surface area contributed by atoms with E-state index >= 15 is 0 Å². The Kier molecular flexibility index (Phi) is 4.94. The molecule has 2 heterocycles. The van der Waals surface area contributed by atoms with Crippen LogP contribution in [-0.2, 0) is 14.4 Å². The van der Waals surface area contributed by atoms with Crippen molar-refractivity contribution in [2.75, 3.05) is 9.91 Å². The molecule has 0 saturated carbocycles. The highest BCUT2D eigenvalue weighted by molar-refractivity contribution is 9.10. The Bertz CT molecular complexity index is 1100. The molecule has 1 saturated heterocycles. The molecular weight excluding hydrogens is 456 g/mol. The first-order valence-electron chi connectivity index (χ1n) is 9.04. The van der Waals surface area contributed by atoms with Crippen molar-refractivity contribution in [3.05, 3.63) is 63.1 Å². The summed E-state index contributed by atoms with van der Waals surface area (Å²) in [6.07, 6.45) is -0.0910. The number of hydrogen-bond acceptors (Lipinski definition) is 6. The number of benzene rings is 2. The van der Waals surface area contributed by atoms with Crippen LogP contribution in [0.3, 0.4) is 0 Å². The molecule has 1 fully saturated rings. The molecule has 10 heteroatoms. The van der Waals surface area contributed by atoms with Crippen molar-refractivity contribution < 1.29 is 19.3 Å². The van der Waals surface area contributed by atoms with Crippen molar-refractivity contribution in [1.82, 2.24) is 0 Å². The van der Waals surface area contributed by atoms with Gasteiger partial charge in [-0.3, -0.25) is 29.4 Å². The number of carbonyl (C=O) groups is 3. The van der Waals surface area contributed by atoms with E-state index in [1.807, 2.05) is 0 Å². The second-order valence-corrected chi connectivity index (χ2v) is 7.91. The summed E-state index contributed by atoms with van der Waals surface area (Å²) in [5, 5.41) is 16.2. The quantitative estimate of drug-likeness (QED) is 0.386. The predicted octanol–water partition coefficient (Wildman–Crippen LogP) is 3.28. The average molecular weight is 471 g/mol. The summed E-state index contributed by atoms with van der Waals surface area (Å²) < 4.78 is 0.814. The summed E-state index contributed by atoms with van der Waals surface area (Å²) in [5.41, 5.74) is 1.11. The van der Waals surface area contributed by atoms with E-state index in [4.69, 9.17) is 0 Å². The Labute approximate surface area is 179 Å². The van der Waals surface area contributed by atoms with Crippen molar-refractivity contribution in [3.8, 4) is 0 Å². The maximum atomic E-state index is 13.1. The van der Waals surface area contributed by atoms with Crippen LogP contribution in [0.2, 0.25) is 0 Å². The lowest BCUT2D eigenvalue weighted by Crippen LogP contribution is -2.37. The van der Waals surface area contributed by atoms with Crippen LogP contribution in [0.5, 0.6) is 0 Å². The lowest BCUT2D eigenvalue weighted by molar-refractivity contribution is -0.384. The first-order valence-corrected chi connectivity index (χ1v) is 9.83. The average Bonchev–Trinajstić information content (AvgIpc) is 3.17. The van der Waals surface area contributed by atoms with Crippen LogP contribution >= 0.6 is 15.9 Å². The molecular formula is C20H15BrN4O5. The topological polar surface area (TPSA) is 113 Å². The molecule has 152 valence electrons. The minimum absolute atomic E-state index is 0.0910. The molecule has 0 N–H and O–H groups in total. The van der Waals surface area contributed by atoms with Gasteiger partial charge in [0, 0.05) is 28.7 Å². The van der Waals surface area contributed by atoms with E-state index in [2.05, 4.69) is 21.0 Å². The van der Waals surface area contributed by atoms with E-state index in [9.17, 15) is 24.5 Å². The number of non-ortho nitro benzene ring substituents is 1. The van der Waals surface area contributed by atoms with Crippen molar-refractivity contribution in [3.63, 3.8) is 0 Å². The number of nitrogens with zero attached hydrogens (tertiary/aromatic N) is 4. The van der Waals surface area contributed by atoms with Crippen molar-refractivity contribution in [2.45, 2.75) is 13.3 Å². The summed E-state index contributed by atoms with van der Waals surface area (Å²) in [6, 6.07) is 12.2. The van der Waals surface area contributed by atoms with Crippen LogP contribution in [0.1, 0.15) is 13.3 Å². The lowest BCUT2D eigenvalue weighted by atomic mass is 9.87. The number of imide groups is 1. The minimum Gasteiger partial charge on any atom is -0.274 e. The van der Waals surface area contributed by atoms with Crippen molar-refractivity contribution in [2.24, 2.45) is 16.9 Å². The van der Waals surface area contributed by atoms with Crippen LogP contribution in [0.4, 0.5) is 17.1 Å². The zero-order valence-corrected chi connectivity index (χ0v) is 17.3. The monoisotopic (exact) mass is 470 g/mol. The molecule has 0 aliphatic carbocycles. The number of nitro groups is 1. The third-order valence-corrected chi connectivity index (χ3v) is 5.69. The van der Waals surface area contributed by atoms with Gasteiger partial charge in [-0.25, -0.2) is 5.01 Å². The Hall–Kier alpha value is -3.40. The Morgan fingerprint density at radius 2 is 1.60 bits per heavy atom. The molecule has 0 bridgehead atoms. The number of hydrazone groups is 1. The fraction of sp³-hybridized carbons (Fsp3) is 0.200. The Morgan fingerprint density at radius 3 is 2.20 bits per heavy atom. The maximum absolute atomic E-state index is 13.1. The van der Waals surface area contributed by atoms with Crippen molar-refractivity contribution >= 4 is 56.4 Å². The molecule has 2 aliphatic rings. The van der Waals surface area contributed by atoms with E-state index in [1.54, 1.807) is 31.2 Å². The SMILES string of the molecule is CC1=NN(c2ccc([N+](=O)[O-])cc2)C(=O)[C@@H]1[C@@H]1CC(=O)N(c2ccc(Br)cc2)C1=O. The molecule has 0 unspecified atom stereocenters. The molecule has 0 aromatic heterocycles. The zero-order valence-electron chi connectivity index (χ0n) is 15.7. The number of hydrogen-bond donors (Lipinski definition) is 0. The Morgan fingerprint density at radius 1 is 1.00 bits per heavy atom. The van der Waals surface area contributed by atoms with Crippen LogP contribution in [0.25, 0.3) is 0 Å². The highest BCUT2D eigenvalue weighted by atomic mass is 79.9. The second kappa shape index (κ2) is 7.45. The zero-order chi connectivity index (χ0) is 21.6. The van der Waals surface area contributed by atoms with E-state index < -0.39 is 28.6 Å². The first-order chi connectivity index (χ1) is 14.3. The van der Waals surface area contributed by atoms with Gasteiger partial charge in [0.2, 0.25) is 11.8 Å². The summed E-state index contributed by atoms with van der Waals surface area (Å²) in [4.78, 5) is 50.1. The minimum atomic E-state index is -0.864.